The van der Waals surface area contributed by atoms with E-state index in [2.05, 4.69) is 5.32 Å². The molecule has 0 atom stereocenters. The second-order valence-electron chi connectivity index (χ2n) is 3.17. The molecule has 1 aromatic rings. The Hall–Kier alpha value is -1.22. The van der Waals surface area contributed by atoms with Crippen LogP contribution in [0.5, 0.6) is 0 Å². The van der Waals surface area contributed by atoms with Gasteiger partial charge in [0, 0.05) is 29.4 Å². The maximum absolute atomic E-state index is 11.7. The van der Waals surface area contributed by atoms with Gasteiger partial charge in [0.2, 0.25) is 0 Å². The molecule has 0 fully saturated rings. The van der Waals surface area contributed by atoms with Crippen molar-refractivity contribution in [2.45, 2.75) is 0 Å². The Morgan fingerprint density at radius 2 is 2.29 bits per heavy atom. The topological polar surface area (TPSA) is 81.5 Å². The maximum Gasteiger partial charge on any atom is 0.270 e. The van der Waals surface area contributed by atoms with E-state index in [0.717, 1.165) is 0 Å². The summed E-state index contributed by atoms with van der Waals surface area (Å²) in [5, 5.41) is 13.2. The molecule has 1 aromatic carbocycles. The fraction of sp³-hybridized carbons (Fsp3) is 0.300. The average Bonchev–Trinajstić information content (AvgIpc) is 2.29. The Kier molecular flexibility index (Phi) is 5.29. The fourth-order valence-electron chi connectivity index (χ4n) is 1.16. The van der Waals surface area contributed by atoms with Gasteiger partial charge in [0.15, 0.2) is 0 Å². The van der Waals surface area contributed by atoms with Crippen molar-refractivity contribution >= 4 is 34.2 Å². The SMILES string of the molecule is COCCNC(=O)c1cc([N+](=O)[O-])ccc1I. The van der Waals surface area contributed by atoms with Gasteiger partial charge in [0.05, 0.1) is 17.1 Å². The van der Waals surface area contributed by atoms with Crippen molar-refractivity contribution in [2.24, 2.45) is 0 Å². The summed E-state index contributed by atoms with van der Waals surface area (Å²) in [5.74, 6) is -0.338. The Morgan fingerprint density at radius 1 is 1.59 bits per heavy atom. The quantitative estimate of drug-likeness (QED) is 0.378. The van der Waals surface area contributed by atoms with Gasteiger partial charge >= 0.3 is 0 Å². The lowest BCUT2D eigenvalue weighted by Gasteiger charge is -2.06. The number of rotatable bonds is 5. The van der Waals surface area contributed by atoms with Crippen LogP contribution in [0.25, 0.3) is 0 Å². The molecule has 6 nitrogen and oxygen atoms in total. The summed E-state index contributed by atoms with van der Waals surface area (Å²) in [5.41, 5.74) is 0.207. The van der Waals surface area contributed by atoms with Crippen LogP contribution in [0.1, 0.15) is 10.4 Å². The number of hydrogen-bond acceptors (Lipinski definition) is 4. The first-order chi connectivity index (χ1) is 8.06. The Labute approximate surface area is 112 Å². The zero-order valence-electron chi connectivity index (χ0n) is 9.10. The van der Waals surface area contributed by atoms with Gasteiger partial charge in [0.1, 0.15) is 0 Å². The standard InChI is InChI=1S/C10H11IN2O4/c1-17-5-4-12-10(14)8-6-7(13(15)16)2-3-9(8)11/h2-3,6H,4-5H2,1H3,(H,12,14). The molecule has 0 saturated heterocycles. The first kappa shape index (κ1) is 13.8. The molecule has 0 saturated carbocycles. The third kappa shape index (κ3) is 3.93. The maximum atomic E-state index is 11.7. The van der Waals surface area contributed by atoms with Gasteiger partial charge < -0.3 is 10.1 Å². The van der Waals surface area contributed by atoms with Crippen LogP contribution in [0.3, 0.4) is 0 Å². The molecule has 0 heterocycles. The second kappa shape index (κ2) is 6.50. The normalized spacial score (nSPS) is 10.0. The van der Waals surface area contributed by atoms with E-state index in [1.807, 2.05) is 22.6 Å². The highest BCUT2D eigenvalue weighted by atomic mass is 127. The van der Waals surface area contributed by atoms with Crippen molar-refractivity contribution in [2.75, 3.05) is 20.3 Å². The summed E-state index contributed by atoms with van der Waals surface area (Å²) in [4.78, 5) is 21.8. The van der Waals surface area contributed by atoms with E-state index in [-0.39, 0.29) is 11.6 Å². The zero-order chi connectivity index (χ0) is 12.8. The summed E-state index contributed by atoms with van der Waals surface area (Å²) in [6, 6.07) is 4.18. The van der Waals surface area contributed by atoms with E-state index >= 15 is 0 Å². The number of carbonyl (C=O) groups is 1. The Balaban J connectivity index is 2.84. The fourth-order valence-corrected chi connectivity index (χ4v) is 1.74. The number of carbonyl (C=O) groups excluding carboxylic acids is 1. The van der Waals surface area contributed by atoms with Crippen LogP contribution >= 0.6 is 22.6 Å². The molecule has 0 bridgehead atoms. The predicted molar refractivity (Wildman–Crippen MR) is 70.0 cm³/mol. The summed E-state index contributed by atoms with van der Waals surface area (Å²) in [6.07, 6.45) is 0. The molecule has 0 spiro atoms. The van der Waals surface area contributed by atoms with Crippen LogP contribution in [0.4, 0.5) is 5.69 Å². The highest BCUT2D eigenvalue weighted by Gasteiger charge is 2.14. The van der Waals surface area contributed by atoms with Gasteiger partial charge in [-0.1, -0.05) is 0 Å². The molecule has 0 aliphatic rings. The van der Waals surface area contributed by atoms with Crippen LogP contribution < -0.4 is 5.32 Å². The number of nitro benzene ring substituents is 1. The summed E-state index contributed by atoms with van der Waals surface area (Å²) < 4.78 is 5.47. The van der Waals surface area contributed by atoms with Crippen molar-refractivity contribution in [1.29, 1.82) is 0 Å². The van der Waals surface area contributed by atoms with Gasteiger partial charge in [-0.3, -0.25) is 14.9 Å². The highest BCUT2D eigenvalue weighted by Crippen LogP contribution is 2.19. The monoisotopic (exact) mass is 350 g/mol. The first-order valence-electron chi connectivity index (χ1n) is 4.77. The van der Waals surface area contributed by atoms with Gasteiger partial charge in [-0.2, -0.15) is 0 Å². The predicted octanol–water partition coefficient (Wildman–Crippen LogP) is 1.58. The van der Waals surface area contributed by atoms with E-state index < -0.39 is 4.92 Å². The number of amides is 1. The zero-order valence-corrected chi connectivity index (χ0v) is 11.3. The molecule has 92 valence electrons. The number of non-ortho nitro benzene ring substituents is 1. The minimum Gasteiger partial charge on any atom is -0.383 e. The largest absolute Gasteiger partial charge is 0.383 e. The molecule has 1 rings (SSSR count). The molecule has 17 heavy (non-hydrogen) atoms. The van der Waals surface area contributed by atoms with E-state index in [1.165, 1.54) is 19.2 Å². The Bertz CT molecular complexity index is 436. The molecule has 1 amide bonds. The van der Waals surface area contributed by atoms with Crippen molar-refractivity contribution in [1.82, 2.24) is 5.32 Å². The number of hydrogen-bond donors (Lipinski definition) is 1. The van der Waals surface area contributed by atoms with Gasteiger partial charge in [-0.15, -0.1) is 0 Å². The molecule has 1 N–H and O–H groups in total. The number of nitro groups is 1. The number of ether oxygens (including phenoxy) is 1. The van der Waals surface area contributed by atoms with Gasteiger partial charge in [-0.05, 0) is 28.7 Å². The van der Waals surface area contributed by atoms with Crippen molar-refractivity contribution < 1.29 is 14.5 Å². The molecule has 7 heteroatoms. The smallest absolute Gasteiger partial charge is 0.270 e. The minimum atomic E-state index is -0.526. The molecule has 0 radical (unpaired) electrons. The van der Waals surface area contributed by atoms with Gasteiger partial charge in [0.25, 0.3) is 11.6 Å². The number of benzene rings is 1. The lowest BCUT2D eigenvalue weighted by atomic mass is 10.2. The summed E-state index contributed by atoms with van der Waals surface area (Å²) >= 11 is 1.96. The second-order valence-corrected chi connectivity index (χ2v) is 4.33. The van der Waals surface area contributed by atoms with Crippen molar-refractivity contribution in [3.63, 3.8) is 0 Å². The summed E-state index contributed by atoms with van der Waals surface area (Å²) in [6.45, 7) is 0.769. The van der Waals surface area contributed by atoms with Crippen molar-refractivity contribution in [3.05, 3.63) is 37.4 Å². The van der Waals surface area contributed by atoms with E-state index in [9.17, 15) is 14.9 Å². The highest BCUT2D eigenvalue weighted by molar-refractivity contribution is 14.1. The van der Waals surface area contributed by atoms with E-state index in [1.54, 1.807) is 6.07 Å². The molecule has 0 aliphatic heterocycles. The number of nitrogens with one attached hydrogen (secondary N) is 1. The molecule has 0 aliphatic carbocycles. The lowest BCUT2D eigenvalue weighted by molar-refractivity contribution is -0.384. The number of halogens is 1. The average molecular weight is 350 g/mol. The molecule has 0 unspecified atom stereocenters. The van der Waals surface area contributed by atoms with E-state index in [4.69, 9.17) is 4.74 Å². The van der Waals surface area contributed by atoms with Crippen LogP contribution in [0, 0.1) is 13.7 Å². The first-order valence-corrected chi connectivity index (χ1v) is 5.85. The van der Waals surface area contributed by atoms with Crippen LogP contribution in [0.15, 0.2) is 18.2 Å². The van der Waals surface area contributed by atoms with Crippen LogP contribution in [-0.2, 0) is 4.74 Å². The third-order valence-electron chi connectivity index (χ3n) is 2.00. The summed E-state index contributed by atoms with van der Waals surface area (Å²) in [7, 11) is 1.53. The van der Waals surface area contributed by atoms with E-state index in [0.29, 0.717) is 22.3 Å². The molecular formula is C10H11IN2O4. The lowest BCUT2D eigenvalue weighted by Crippen LogP contribution is -2.27. The molecule has 0 aromatic heterocycles. The third-order valence-corrected chi connectivity index (χ3v) is 2.94. The Morgan fingerprint density at radius 3 is 2.88 bits per heavy atom. The van der Waals surface area contributed by atoms with Crippen LogP contribution in [-0.4, -0.2) is 31.1 Å². The molecular weight excluding hydrogens is 339 g/mol. The van der Waals surface area contributed by atoms with Gasteiger partial charge in [-0.25, -0.2) is 0 Å². The van der Waals surface area contributed by atoms with Crippen LogP contribution in [0.2, 0.25) is 0 Å². The van der Waals surface area contributed by atoms with Crippen molar-refractivity contribution in [3.8, 4) is 0 Å². The number of methoxy groups -OCH3 is 1. The number of nitrogens with zero attached hydrogens (tertiary/aromatic N) is 1. The minimum absolute atomic E-state index is 0.0951.